The second-order valence-electron chi connectivity index (χ2n) is 6.46. The molecule has 1 spiro atoms. The Balaban J connectivity index is 1.88. The predicted molar refractivity (Wildman–Crippen MR) is 65.7 cm³/mol. The first-order valence-corrected chi connectivity index (χ1v) is 6.96. The highest BCUT2D eigenvalue weighted by atomic mass is 16.6. The summed E-state index contributed by atoms with van der Waals surface area (Å²) in [5.74, 6) is -0.656. The van der Waals surface area contributed by atoms with Crippen LogP contribution in [0.3, 0.4) is 0 Å². The van der Waals surface area contributed by atoms with Crippen LogP contribution in [0.4, 0.5) is 0 Å². The van der Waals surface area contributed by atoms with E-state index in [4.69, 9.17) is 9.47 Å². The smallest absolute Gasteiger partial charge is 0.187 e. The molecule has 2 heterocycles. The van der Waals surface area contributed by atoms with Crippen molar-refractivity contribution in [3.63, 3.8) is 0 Å². The van der Waals surface area contributed by atoms with Gasteiger partial charge < -0.3 is 24.8 Å². The normalized spacial score (nSPS) is 56.7. The van der Waals surface area contributed by atoms with Gasteiger partial charge in [-0.15, -0.1) is 0 Å². The van der Waals surface area contributed by atoms with Crippen LogP contribution in [-0.2, 0) is 14.3 Å². The average Bonchev–Trinajstić information content (AvgIpc) is 3.17. The van der Waals surface area contributed by atoms with E-state index in [1.165, 1.54) is 0 Å². The number of epoxide rings is 1. The summed E-state index contributed by atoms with van der Waals surface area (Å²) in [6, 6.07) is 0. The Hall–Kier alpha value is -0.790. The van der Waals surface area contributed by atoms with Gasteiger partial charge in [0.15, 0.2) is 5.78 Å². The maximum atomic E-state index is 12.1. The van der Waals surface area contributed by atoms with Crippen LogP contribution in [0.2, 0.25) is 0 Å². The number of fused-ring (bicyclic) bond motifs is 2. The summed E-state index contributed by atoms with van der Waals surface area (Å²) >= 11 is 0. The highest BCUT2D eigenvalue weighted by Gasteiger charge is 2.77. The lowest BCUT2D eigenvalue weighted by atomic mass is 9.59. The van der Waals surface area contributed by atoms with E-state index in [0.29, 0.717) is 18.6 Å². The molecular formula is C14H18O6. The molecule has 2 bridgehead atoms. The first-order chi connectivity index (χ1) is 9.47. The Morgan fingerprint density at radius 1 is 1.45 bits per heavy atom. The number of ether oxygens (including phenoxy) is 2. The molecule has 2 aliphatic carbocycles. The lowest BCUT2D eigenvalue weighted by Crippen LogP contribution is -2.65. The number of carbonyl (C=O) groups is 1. The number of carbonyl (C=O) groups excluding carboxylic acids is 1. The zero-order valence-corrected chi connectivity index (χ0v) is 11.2. The number of hydrogen-bond donors (Lipinski definition) is 3. The Morgan fingerprint density at radius 2 is 2.15 bits per heavy atom. The van der Waals surface area contributed by atoms with E-state index >= 15 is 0 Å². The number of hydrogen-bond acceptors (Lipinski definition) is 6. The lowest BCUT2D eigenvalue weighted by molar-refractivity contribution is -0.214. The average molecular weight is 282 g/mol. The third kappa shape index (κ3) is 1.21. The molecule has 0 amide bonds. The Morgan fingerprint density at radius 3 is 2.75 bits per heavy atom. The highest BCUT2D eigenvalue weighted by molar-refractivity contribution is 6.00. The van der Waals surface area contributed by atoms with Gasteiger partial charge in [0.1, 0.15) is 17.8 Å². The van der Waals surface area contributed by atoms with Gasteiger partial charge in [0.2, 0.25) is 0 Å². The summed E-state index contributed by atoms with van der Waals surface area (Å²) < 4.78 is 11.5. The highest BCUT2D eigenvalue weighted by Crippen LogP contribution is 2.63. The number of ketones is 1. The standard InChI is InChI=1S/C14H18O6/c1-6-2-9-13(4-15,11(18)10(6)17)8-3-7(16)12(20-9)14(8)5-19-14/h2,7-9,11-12,15-16,18H,3-5H2,1H3/t7-,8-,9-,11?,12-,13?,14?/m1/s1. The second-order valence-corrected chi connectivity index (χ2v) is 6.46. The quantitative estimate of drug-likeness (QED) is 0.521. The van der Waals surface area contributed by atoms with E-state index in [2.05, 4.69) is 0 Å². The summed E-state index contributed by atoms with van der Waals surface area (Å²) in [6.07, 6.45) is -0.978. The summed E-state index contributed by atoms with van der Waals surface area (Å²) in [5, 5.41) is 30.6. The van der Waals surface area contributed by atoms with Crippen LogP contribution in [0.15, 0.2) is 11.6 Å². The van der Waals surface area contributed by atoms with Crippen molar-refractivity contribution in [3.05, 3.63) is 11.6 Å². The summed E-state index contributed by atoms with van der Waals surface area (Å²) in [6.45, 7) is 1.70. The van der Waals surface area contributed by atoms with E-state index in [9.17, 15) is 20.1 Å². The molecule has 110 valence electrons. The van der Waals surface area contributed by atoms with Crippen molar-refractivity contribution in [1.82, 2.24) is 0 Å². The van der Waals surface area contributed by atoms with Crippen LogP contribution in [0.5, 0.6) is 0 Å². The molecule has 4 rings (SSSR count). The largest absolute Gasteiger partial charge is 0.396 e. The first kappa shape index (κ1) is 12.9. The fraction of sp³-hybridized carbons (Fsp3) is 0.786. The van der Waals surface area contributed by atoms with Gasteiger partial charge in [-0.3, -0.25) is 4.79 Å². The van der Waals surface area contributed by atoms with Gasteiger partial charge in [0.05, 0.1) is 30.8 Å². The van der Waals surface area contributed by atoms with Gasteiger partial charge in [0, 0.05) is 5.92 Å². The van der Waals surface area contributed by atoms with E-state index in [1.807, 2.05) is 0 Å². The minimum Gasteiger partial charge on any atom is -0.396 e. The number of aliphatic hydroxyl groups is 3. The molecule has 2 aliphatic heterocycles. The SMILES string of the molecule is CC1=C[C@H]2O[C@@H]3[C@H](O)C[C@@H](C34CO4)C2(CO)C(O)C1=O. The molecular weight excluding hydrogens is 264 g/mol. The molecule has 7 atom stereocenters. The van der Waals surface area contributed by atoms with Crippen molar-refractivity contribution in [2.75, 3.05) is 13.2 Å². The van der Waals surface area contributed by atoms with E-state index in [-0.39, 0.29) is 18.3 Å². The lowest BCUT2D eigenvalue weighted by Gasteiger charge is -2.52. The predicted octanol–water partition coefficient (Wildman–Crippen LogP) is -1.23. The van der Waals surface area contributed by atoms with Gasteiger partial charge in [-0.2, -0.15) is 0 Å². The van der Waals surface area contributed by atoms with Gasteiger partial charge >= 0.3 is 0 Å². The maximum absolute atomic E-state index is 12.1. The minimum absolute atomic E-state index is 0.276. The number of rotatable bonds is 1. The van der Waals surface area contributed by atoms with Crippen LogP contribution in [0.1, 0.15) is 13.3 Å². The van der Waals surface area contributed by atoms with Crippen molar-refractivity contribution < 1.29 is 29.6 Å². The Labute approximate surface area is 116 Å². The van der Waals surface area contributed by atoms with Crippen LogP contribution >= 0.6 is 0 Å². The summed E-state index contributed by atoms with van der Waals surface area (Å²) in [4.78, 5) is 12.1. The second kappa shape index (κ2) is 3.69. The fourth-order valence-electron chi connectivity index (χ4n) is 4.50. The molecule has 3 N–H and O–H groups in total. The van der Waals surface area contributed by atoms with Crippen molar-refractivity contribution in [1.29, 1.82) is 0 Å². The van der Waals surface area contributed by atoms with Crippen LogP contribution in [-0.4, -0.2) is 64.3 Å². The van der Waals surface area contributed by atoms with Gasteiger partial charge in [-0.25, -0.2) is 0 Å². The van der Waals surface area contributed by atoms with Crippen molar-refractivity contribution in [3.8, 4) is 0 Å². The van der Waals surface area contributed by atoms with E-state index < -0.39 is 35.4 Å². The first-order valence-electron chi connectivity index (χ1n) is 6.96. The zero-order valence-electron chi connectivity index (χ0n) is 11.2. The Kier molecular flexibility index (Phi) is 2.39. The number of aliphatic hydroxyl groups excluding tert-OH is 3. The molecule has 20 heavy (non-hydrogen) atoms. The molecule has 0 aromatic heterocycles. The molecule has 4 aliphatic rings. The van der Waals surface area contributed by atoms with Crippen LogP contribution in [0, 0.1) is 11.3 Å². The van der Waals surface area contributed by atoms with Crippen molar-refractivity contribution >= 4 is 5.78 Å². The molecule has 2 saturated heterocycles. The van der Waals surface area contributed by atoms with Crippen LogP contribution < -0.4 is 0 Å². The number of Topliss-reactive ketones (excluding diaryl/α,β-unsaturated/α-hetero) is 1. The molecule has 0 aromatic rings. The van der Waals surface area contributed by atoms with Gasteiger partial charge in [0.25, 0.3) is 0 Å². The van der Waals surface area contributed by atoms with E-state index in [1.54, 1.807) is 13.0 Å². The topological polar surface area (TPSA) is 99.5 Å². The van der Waals surface area contributed by atoms with Crippen molar-refractivity contribution in [2.45, 2.75) is 43.4 Å². The molecule has 0 aromatic carbocycles. The van der Waals surface area contributed by atoms with Gasteiger partial charge in [-0.05, 0) is 25.0 Å². The molecule has 6 nitrogen and oxygen atoms in total. The van der Waals surface area contributed by atoms with Gasteiger partial charge in [-0.1, -0.05) is 0 Å². The van der Waals surface area contributed by atoms with Crippen molar-refractivity contribution in [2.24, 2.45) is 11.3 Å². The monoisotopic (exact) mass is 282 g/mol. The molecule has 1 saturated carbocycles. The zero-order chi connectivity index (χ0) is 14.3. The minimum atomic E-state index is -1.32. The molecule has 3 fully saturated rings. The summed E-state index contributed by atoms with van der Waals surface area (Å²) in [5.41, 5.74) is -1.31. The fourth-order valence-corrected chi connectivity index (χ4v) is 4.50. The third-order valence-corrected chi connectivity index (χ3v) is 5.67. The van der Waals surface area contributed by atoms with E-state index in [0.717, 1.165) is 0 Å². The maximum Gasteiger partial charge on any atom is 0.187 e. The third-order valence-electron chi connectivity index (χ3n) is 5.67. The molecule has 3 unspecified atom stereocenters. The van der Waals surface area contributed by atoms with Crippen LogP contribution in [0.25, 0.3) is 0 Å². The summed E-state index contributed by atoms with van der Waals surface area (Å²) in [7, 11) is 0. The molecule has 6 heteroatoms. The Bertz CT molecular complexity index is 510. The molecule has 0 radical (unpaired) electrons.